The van der Waals surface area contributed by atoms with Crippen LogP contribution in [0.4, 0.5) is 0 Å². The summed E-state index contributed by atoms with van der Waals surface area (Å²) in [5.41, 5.74) is 0. The highest BCUT2D eigenvalue weighted by Crippen LogP contribution is 2.28. The molecule has 4 heteroatoms. The third kappa shape index (κ3) is 6.33. The molecule has 1 saturated carbocycles. The van der Waals surface area contributed by atoms with Gasteiger partial charge in [0.1, 0.15) is 0 Å². The molecule has 1 aliphatic carbocycles. The lowest BCUT2D eigenvalue weighted by Gasteiger charge is -2.35. The van der Waals surface area contributed by atoms with E-state index in [9.17, 15) is 0 Å². The molecule has 0 aromatic carbocycles. The van der Waals surface area contributed by atoms with E-state index in [2.05, 4.69) is 43.2 Å². The molecule has 134 valence electrons. The second-order valence-corrected chi connectivity index (χ2v) is 7.91. The molecule has 1 heterocycles. The molecule has 2 atom stereocenters. The van der Waals surface area contributed by atoms with Gasteiger partial charge in [0.2, 0.25) is 0 Å². The second kappa shape index (κ2) is 9.51. The van der Waals surface area contributed by atoms with Gasteiger partial charge in [-0.05, 0) is 58.3 Å². The Balaban J connectivity index is 1.80. The standard InChI is InChI=1S/C19H38N4/c1-5-20-19(21-14-17-8-6-7-16(4)13-17)22-18-9-11-23(12-10-18)15(2)3/h15-18H,5-14H2,1-4H3,(H2,20,21,22). The summed E-state index contributed by atoms with van der Waals surface area (Å²) in [6.07, 6.45) is 7.97. The van der Waals surface area contributed by atoms with Gasteiger partial charge in [0.15, 0.2) is 5.96 Å². The van der Waals surface area contributed by atoms with Crippen molar-refractivity contribution >= 4 is 5.96 Å². The minimum absolute atomic E-state index is 0.577. The molecule has 0 amide bonds. The number of hydrogen-bond donors (Lipinski definition) is 2. The predicted octanol–water partition coefficient (Wildman–Crippen LogP) is 3.24. The SMILES string of the molecule is CCNC(=NCC1CCCC(C)C1)NC1CCN(C(C)C)CC1. The summed E-state index contributed by atoms with van der Waals surface area (Å²) < 4.78 is 0. The fraction of sp³-hybridized carbons (Fsp3) is 0.947. The van der Waals surface area contributed by atoms with Crippen LogP contribution in [0.2, 0.25) is 0 Å². The maximum Gasteiger partial charge on any atom is 0.191 e. The minimum Gasteiger partial charge on any atom is -0.357 e. The van der Waals surface area contributed by atoms with E-state index in [0.29, 0.717) is 12.1 Å². The number of aliphatic imine (C=N–C) groups is 1. The molecule has 1 aliphatic heterocycles. The highest BCUT2D eigenvalue weighted by Gasteiger charge is 2.22. The van der Waals surface area contributed by atoms with E-state index in [-0.39, 0.29) is 0 Å². The van der Waals surface area contributed by atoms with Crippen molar-refractivity contribution in [1.29, 1.82) is 0 Å². The number of guanidine groups is 1. The first kappa shape index (κ1) is 18.6. The lowest BCUT2D eigenvalue weighted by molar-refractivity contribution is 0.167. The normalized spacial score (nSPS) is 28.1. The molecule has 2 N–H and O–H groups in total. The van der Waals surface area contributed by atoms with Crippen LogP contribution in [-0.2, 0) is 0 Å². The van der Waals surface area contributed by atoms with Crippen LogP contribution in [0.25, 0.3) is 0 Å². The van der Waals surface area contributed by atoms with Crippen LogP contribution in [0.15, 0.2) is 4.99 Å². The number of hydrogen-bond acceptors (Lipinski definition) is 2. The van der Waals surface area contributed by atoms with Gasteiger partial charge in [-0.3, -0.25) is 4.99 Å². The average molecular weight is 323 g/mol. The number of likely N-dealkylation sites (tertiary alicyclic amines) is 1. The van der Waals surface area contributed by atoms with E-state index >= 15 is 0 Å². The fourth-order valence-electron chi connectivity index (χ4n) is 4.02. The zero-order chi connectivity index (χ0) is 16.7. The molecule has 4 nitrogen and oxygen atoms in total. The average Bonchev–Trinajstić information content (AvgIpc) is 2.53. The van der Waals surface area contributed by atoms with Crippen molar-refractivity contribution in [3.8, 4) is 0 Å². The van der Waals surface area contributed by atoms with E-state index in [0.717, 1.165) is 30.9 Å². The maximum absolute atomic E-state index is 4.90. The number of piperidine rings is 1. The van der Waals surface area contributed by atoms with Gasteiger partial charge >= 0.3 is 0 Å². The Morgan fingerprint density at radius 1 is 1.17 bits per heavy atom. The summed E-state index contributed by atoms with van der Waals surface area (Å²) in [5.74, 6) is 2.71. The van der Waals surface area contributed by atoms with Crippen LogP contribution >= 0.6 is 0 Å². The number of nitrogens with zero attached hydrogens (tertiary/aromatic N) is 2. The molecule has 2 aliphatic rings. The first-order valence-electron chi connectivity index (χ1n) is 9.87. The zero-order valence-electron chi connectivity index (χ0n) is 15.8. The lowest BCUT2D eigenvalue weighted by Crippen LogP contribution is -2.50. The molecule has 0 bridgehead atoms. The van der Waals surface area contributed by atoms with Crippen molar-refractivity contribution in [2.45, 2.75) is 78.3 Å². The Hall–Kier alpha value is -0.770. The van der Waals surface area contributed by atoms with Gasteiger partial charge in [-0.25, -0.2) is 0 Å². The van der Waals surface area contributed by atoms with Crippen molar-refractivity contribution in [3.05, 3.63) is 0 Å². The van der Waals surface area contributed by atoms with Gasteiger partial charge in [0.25, 0.3) is 0 Å². The van der Waals surface area contributed by atoms with Gasteiger partial charge in [0, 0.05) is 38.3 Å². The molecule has 2 fully saturated rings. The van der Waals surface area contributed by atoms with Gasteiger partial charge in [-0.15, -0.1) is 0 Å². The largest absolute Gasteiger partial charge is 0.357 e. The van der Waals surface area contributed by atoms with Crippen LogP contribution in [0.1, 0.15) is 66.2 Å². The maximum atomic E-state index is 4.90. The predicted molar refractivity (Wildman–Crippen MR) is 100.0 cm³/mol. The third-order valence-corrected chi connectivity index (χ3v) is 5.50. The summed E-state index contributed by atoms with van der Waals surface area (Å²) in [4.78, 5) is 7.48. The lowest BCUT2D eigenvalue weighted by atomic mass is 9.82. The van der Waals surface area contributed by atoms with E-state index in [1.54, 1.807) is 0 Å². The summed E-state index contributed by atoms with van der Waals surface area (Å²) in [6.45, 7) is 13.5. The molecule has 0 aromatic heterocycles. The minimum atomic E-state index is 0.577. The van der Waals surface area contributed by atoms with Crippen LogP contribution in [0, 0.1) is 11.8 Å². The van der Waals surface area contributed by atoms with Crippen molar-refractivity contribution in [2.24, 2.45) is 16.8 Å². The smallest absolute Gasteiger partial charge is 0.191 e. The Bertz CT molecular complexity index is 358. The molecule has 0 aromatic rings. The second-order valence-electron chi connectivity index (χ2n) is 7.91. The highest BCUT2D eigenvalue weighted by molar-refractivity contribution is 5.80. The summed E-state index contributed by atoms with van der Waals surface area (Å²) in [6, 6.07) is 1.25. The number of rotatable bonds is 5. The summed E-state index contributed by atoms with van der Waals surface area (Å²) in [7, 11) is 0. The molecular formula is C19H38N4. The topological polar surface area (TPSA) is 39.7 Å². The van der Waals surface area contributed by atoms with E-state index in [1.807, 2.05) is 0 Å². The first-order valence-corrected chi connectivity index (χ1v) is 9.87. The molecule has 23 heavy (non-hydrogen) atoms. The van der Waals surface area contributed by atoms with Crippen LogP contribution in [-0.4, -0.2) is 49.1 Å². The van der Waals surface area contributed by atoms with E-state index in [1.165, 1.54) is 51.6 Å². The van der Waals surface area contributed by atoms with Gasteiger partial charge in [0.05, 0.1) is 0 Å². The summed E-state index contributed by atoms with van der Waals surface area (Å²) in [5, 5.41) is 7.12. The van der Waals surface area contributed by atoms with Crippen LogP contribution in [0.3, 0.4) is 0 Å². The van der Waals surface area contributed by atoms with Gasteiger partial charge in [-0.1, -0.05) is 19.8 Å². The van der Waals surface area contributed by atoms with Crippen molar-refractivity contribution < 1.29 is 0 Å². The molecular weight excluding hydrogens is 284 g/mol. The molecule has 0 spiro atoms. The molecule has 1 saturated heterocycles. The molecule has 2 unspecified atom stereocenters. The monoisotopic (exact) mass is 322 g/mol. The Labute approximate surface area is 143 Å². The highest BCUT2D eigenvalue weighted by atomic mass is 15.2. The fourth-order valence-corrected chi connectivity index (χ4v) is 4.02. The zero-order valence-corrected chi connectivity index (χ0v) is 15.8. The van der Waals surface area contributed by atoms with E-state index in [4.69, 9.17) is 4.99 Å². The Morgan fingerprint density at radius 2 is 1.91 bits per heavy atom. The van der Waals surface area contributed by atoms with Gasteiger partial charge in [-0.2, -0.15) is 0 Å². The Kier molecular flexibility index (Phi) is 7.68. The van der Waals surface area contributed by atoms with Crippen LogP contribution < -0.4 is 10.6 Å². The van der Waals surface area contributed by atoms with Gasteiger partial charge < -0.3 is 15.5 Å². The van der Waals surface area contributed by atoms with Crippen molar-refractivity contribution in [1.82, 2.24) is 15.5 Å². The van der Waals surface area contributed by atoms with Crippen molar-refractivity contribution in [2.75, 3.05) is 26.2 Å². The Morgan fingerprint density at radius 3 is 2.52 bits per heavy atom. The summed E-state index contributed by atoms with van der Waals surface area (Å²) >= 11 is 0. The van der Waals surface area contributed by atoms with E-state index < -0.39 is 0 Å². The van der Waals surface area contributed by atoms with Crippen LogP contribution in [0.5, 0.6) is 0 Å². The van der Waals surface area contributed by atoms with Crippen molar-refractivity contribution in [3.63, 3.8) is 0 Å². The quantitative estimate of drug-likeness (QED) is 0.603. The molecule has 2 rings (SSSR count). The molecule has 0 radical (unpaired) electrons. The number of nitrogens with one attached hydrogen (secondary N) is 2. The third-order valence-electron chi connectivity index (χ3n) is 5.50. The first-order chi connectivity index (χ1) is 11.1.